The summed E-state index contributed by atoms with van der Waals surface area (Å²) in [5.74, 6) is -0.185. The van der Waals surface area contributed by atoms with Crippen molar-refractivity contribution in [2.24, 2.45) is 4.99 Å². The summed E-state index contributed by atoms with van der Waals surface area (Å²) in [5, 5.41) is 4.61. The molecule has 0 bridgehead atoms. The van der Waals surface area contributed by atoms with Crippen molar-refractivity contribution in [3.05, 3.63) is 76.5 Å². The van der Waals surface area contributed by atoms with Crippen LogP contribution in [0.15, 0.2) is 71.0 Å². The summed E-state index contributed by atoms with van der Waals surface area (Å²) in [6.07, 6.45) is 0.0544. The minimum Gasteiger partial charge on any atom is -0.497 e. The van der Waals surface area contributed by atoms with Crippen molar-refractivity contribution in [2.75, 3.05) is 19.0 Å². The van der Waals surface area contributed by atoms with Gasteiger partial charge in [0.05, 0.1) is 31.5 Å². The van der Waals surface area contributed by atoms with Crippen molar-refractivity contribution < 1.29 is 23.9 Å². The predicted octanol–water partition coefficient (Wildman–Crippen LogP) is 5.09. The van der Waals surface area contributed by atoms with Crippen LogP contribution in [0.5, 0.6) is 5.75 Å². The lowest BCUT2D eigenvalue weighted by atomic mass is 10.2. The molecule has 3 aromatic rings. The van der Waals surface area contributed by atoms with Crippen molar-refractivity contribution in [3.63, 3.8) is 0 Å². The lowest BCUT2D eigenvalue weighted by Crippen LogP contribution is -2.44. The highest BCUT2D eigenvalue weighted by molar-refractivity contribution is 8.15. The quantitative estimate of drug-likeness (QED) is 0.413. The van der Waals surface area contributed by atoms with Crippen LogP contribution >= 0.6 is 23.1 Å². The van der Waals surface area contributed by atoms with Gasteiger partial charge in [0.25, 0.3) is 0 Å². The van der Waals surface area contributed by atoms with Gasteiger partial charge in [-0.25, -0.2) is 9.79 Å². The number of methoxy groups -OCH3 is 1. The summed E-state index contributed by atoms with van der Waals surface area (Å²) in [7, 11) is 1.57. The molecule has 1 aliphatic rings. The molecule has 1 saturated heterocycles. The van der Waals surface area contributed by atoms with E-state index in [2.05, 4.69) is 10.3 Å². The summed E-state index contributed by atoms with van der Waals surface area (Å²) < 4.78 is 10.2. The minimum atomic E-state index is -0.642. The van der Waals surface area contributed by atoms with E-state index in [1.807, 2.05) is 17.5 Å². The van der Waals surface area contributed by atoms with Crippen molar-refractivity contribution in [1.82, 2.24) is 4.90 Å². The fourth-order valence-electron chi connectivity index (χ4n) is 3.45. The first-order valence-electron chi connectivity index (χ1n) is 11.3. The number of ether oxygens (including phenoxy) is 2. The molecule has 10 heteroatoms. The van der Waals surface area contributed by atoms with E-state index in [1.54, 1.807) is 78.8 Å². The molecule has 2 aromatic carbocycles. The van der Waals surface area contributed by atoms with E-state index >= 15 is 0 Å². The van der Waals surface area contributed by atoms with Crippen LogP contribution in [0.4, 0.5) is 11.4 Å². The maximum atomic E-state index is 13.2. The van der Waals surface area contributed by atoms with Gasteiger partial charge in [0, 0.05) is 17.0 Å². The number of carbonyl (C=O) groups excluding carboxylic acids is 3. The molecule has 1 fully saturated rings. The largest absolute Gasteiger partial charge is 0.497 e. The average Bonchev–Trinajstić information content (AvgIpc) is 3.40. The molecule has 1 aromatic heterocycles. The van der Waals surface area contributed by atoms with Gasteiger partial charge in [0.15, 0.2) is 5.17 Å². The third-order valence-corrected chi connectivity index (χ3v) is 7.34. The van der Waals surface area contributed by atoms with E-state index in [0.717, 1.165) is 4.88 Å². The summed E-state index contributed by atoms with van der Waals surface area (Å²) in [5.41, 5.74) is 1.59. The Morgan fingerprint density at radius 1 is 1.11 bits per heavy atom. The summed E-state index contributed by atoms with van der Waals surface area (Å²) in [4.78, 5) is 45.4. The molecule has 1 N–H and O–H groups in total. The number of thioether (sulfide) groups is 1. The monoisotopic (exact) mass is 523 g/mol. The zero-order valence-corrected chi connectivity index (χ0v) is 21.4. The predicted molar refractivity (Wildman–Crippen MR) is 142 cm³/mol. The van der Waals surface area contributed by atoms with Crippen molar-refractivity contribution in [1.29, 1.82) is 0 Å². The smallest absolute Gasteiger partial charge is 0.338 e. The molecule has 0 unspecified atom stereocenters. The van der Waals surface area contributed by atoms with Gasteiger partial charge in [-0.15, -0.1) is 11.3 Å². The Labute approximate surface area is 217 Å². The molecule has 4 rings (SSSR count). The lowest BCUT2D eigenvalue weighted by molar-refractivity contribution is -0.129. The highest BCUT2D eigenvalue weighted by Gasteiger charge is 2.36. The van der Waals surface area contributed by atoms with Crippen LogP contribution in [0.25, 0.3) is 0 Å². The maximum Gasteiger partial charge on any atom is 0.338 e. The summed E-state index contributed by atoms with van der Waals surface area (Å²) in [6.45, 7) is 2.41. The molecule has 0 radical (unpaired) electrons. The normalized spacial score (nSPS) is 16.6. The van der Waals surface area contributed by atoms with Crippen LogP contribution in [0.2, 0.25) is 0 Å². The molecule has 0 aliphatic carbocycles. The Morgan fingerprint density at radius 2 is 1.86 bits per heavy atom. The number of amidine groups is 1. The number of rotatable bonds is 8. The number of nitrogens with one attached hydrogen (secondary N) is 1. The van der Waals surface area contributed by atoms with Gasteiger partial charge < -0.3 is 14.8 Å². The zero-order valence-electron chi connectivity index (χ0n) is 19.8. The highest BCUT2D eigenvalue weighted by atomic mass is 32.2. The second kappa shape index (κ2) is 11.9. The number of hydrogen-bond acceptors (Lipinski definition) is 8. The Kier molecular flexibility index (Phi) is 8.40. The molecular formula is C26H25N3O5S2. The first kappa shape index (κ1) is 25.5. The zero-order chi connectivity index (χ0) is 25.5. The fraction of sp³-hybridized carbons (Fsp3) is 0.231. The second-order valence-corrected chi connectivity index (χ2v) is 9.95. The fourth-order valence-corrected chi connectivity index (χ4v) is 5.24. The van der Waals surface area contributed by atoms with Gasteiger partial charge in [-0.2, -0.15) is 0 Å². The van der Waals surface area contributed by atoms with Crippen LogP contribution < -0.4 is 10.1 Å². The Balaban J connectivity index is 1.56. The number of amides is 2. The van der Waals surface area contributed by atoms with Crippen molar-refractivity contribution in [2.45, 2.75) is 25.1 Å². The van der Waals surface area contributed by atoms with Crippen molar-refractivity contribution >= 4 is 57.4 Å². The van der Waals surface area contributed by atoms with E-state index in [1.165, 1.54) is 11.8 Å². The second-order valence-electron chi connectivity index (χ2n) is 7.75. The van der Waals surface area contributed by atoms with E-state index in [0.29, 0.717) is 41.0 Å². The van der Waals surface area contributed by atoms with Crippen LogP contribution in [0.1, 0.15) is 28.6 Å². The summed E-state index contributed by atoms with van der Waals surface area (Å²) in [6, 6.07) is 17.5. The van der Waals surface area contributed by atoms with Gasteiger partial charge in [0.2, 0.25) is 11.8 Å². The minimum absolute atomic E-state index is 0.0544. The van der Waals surface area contributed by atoms with E-state index in [4.69, 9.17) is 9.47 Å². The Morgan fingerprint density at radius 3 is 2.50 bits per heavy atom. The number of thiophene rings is 1. The average molecular weight is 524 g/mol. The van der Waals surface area contributed by atoms with Gasteiger partial charge in [-0.3, -0.25) is 14.5 Å². The number of hydrogen-bond donors (Lipinski definition) is 1. The third-order valence-electron chi connectivity index (χ3n) is 5.29. The van der Waals surface area contributed by atoms with Gasteiger partial charge in [-0.1, -0.05) is 17.8 Å². The third kappa shape index (κ3) is 6.32. The van der Waals surface area contributed by atoms with E-state index < -0.39 is 11.2 Å². The van der Waals surface area contributed by atoms with Gasteiger partial charge >= 0.3 is 5.97 Å². The maximum absolute atomic E-state index is 13.2. The van der Waals surface area contributed by atoms with Crippen molar-refractivity contribution in [3.8, 4) is 5.75 Å². The molecule has 8 nitrogen and oxygen atoms in total. The first-order valence-corrected chi connectivity index (χ1v) is 13.0. The molecule has 36 heavy (non-hydrogen) atoms. The molecule has 0 spiro atoms. The number of esters is 1. The molecule has 2 amide bonds. The Bertz CT molecular complexity index is 1240. The number of benzene rings is 2. The molecule has 1 aliphatic heterocycles. The topological polar surface area (TPSA) is 97.3 Å². The molecule has 0 saturated carbocycles. The van der Waals surface area contributed by atoms with E-state index in [9.17, 15) is 14.4 Å². The standard InChI is InChI=1S/C26H25N3O5S2/c1-3-34-25(32)17-6-8-19(9-7-17)28-26-29(16-21-5-4-14-35-21)23(30)15-22(36-26)24(31)27-18-10-12-20(33-2)13-11-18/h4-14,22H,3,15-16H2,1-2H3,(H,27,31)/t22-/m0/s1. The number of aliphatic imine (C=N–C) groups is 1. The lowest BCUT2D eigenvalue weighted by Gasteiger charge is -2.31. The number of nitrogens with zero attached hydrogens (tertiary/aromatic N) is 2. The SMILES string of the molecule is CCOC(=O)c1ccc(N=C2S[C@H](C(=O)Nc3ccc(OC)cc3)CC(=O)N2Cc2cccs2)cc1. The molecule has 1 atom stereocenters. The Hall–Kier alpha value is -3.63. The number of anilines is 1. The van der Waals surface area contributed by atoms with Crippen LogP contribution in [-0.4, -0.2) is 46.8 Å². The van der Waals surface area contributed by atoms with Gasteiger partial charge in [-0.05, 0) is 66.9 Å². The summed E-state index contributed by atoms with van der Waals surface area (Å²) >= 11 is 2.79. The van der Waals surface area contributed by atoms with Crippen LogP contribution in [-0.2, 0) is 20.9 Å². The number of carbonyl (C=O) groups is 3. The first-order chi connectivity index (χ1) is 17.5. The molecule has 186 valence electrons. The van der Waals surface area contributed by atoms with Gasteiger partial charge in [0.1, 0.15) is 11.0 Å². The highest BCUT2D eigenvalue weighted by Crippen LogP contribution is 2.32. The molecular weight excluding hydrogens is 498 g/mol. The van der Waals surface area contributed by atoms with E-state index in [-0.39, 0.29) is 18.2 Å². The van der Waals surface area contributed by atoms with Crippen LogP contribution in [0, 0.1) is 0 Å². The van der Waals surface area contributed by atoms with Crippen LogP contribution in [0.3, 0.4) is 0 Å². The molecule has 2 heterocycles.